The molecule has 0 fully saturated rings. The third-order valence-electron chi connectivity index (χ3n) is 3.17. The number of benzene rings is 1. The van der Waals surface area contributed by atoms with E-state index in [1.54, 1.807) is 0 Å². The fourth-order valence-electron chi connectivity index (χ4n) is 2.39. The Kier molecular flexibility index (Phi) is 4.44. The van der Waals surface area contributed by atoms with Crippen molar-refractivity contribution in [2.45, 2.75) is 26.6 Å². The SMILES string of the molecule is CCOC(=O)c1cn(CC(F)(F)F)c2c(C)cc(F)cc2c1=O. The average Bonchev–Trinajstić information content (AvgIpc) is 2.40. The second kappa shape index (κ2) is 6.02. The van der Waals surface area contributed by atoms with Gasteiger partial charge in [-0.3, -0.25) is 4.79 Å². The summed E-state index contributed by atoms with van der Waals surface area (Å²) in [6, 6.07) is 1.85. The molecule has 0 atom stereocenters. The summed E-state index contributed by atoms with van der Waals surface area (Å²) >= 11 is 0. The lowest BCUT2D eigenvalue weighted by molar-refractivity contribution is -0.140. The van der Waals surface area contributed by atoms with Crippen molar-refractivity contribution < 1.29 is 27.1 Å². The van der Waals surface area contributed by atoms with E-state index in [0.29, 0.717) is 0 Å². The van der Waals surface area contributed by atoms with Gasteiger partial charge in [-0.1, -0.05) is 0 Å². The zero-order chi connectivity index (χ0) is 17.4. The minimum Gasteiger partial charge on any atom is -0.462 e. The van der Waals surface area contributed by atoms with Gasteiger partial charge in [-0.2, -0.15) is 13.2 Å². The van der Waals surface area contributed by atoms with Crippen LogP contribution in [0.3, 0.4) is 0 Å². The van der Waals surface area contributed by atoms with E-state index >= 15 is 0 Å². The van der Waals surface area contributed by atoms with Crippen LogP contribution in [0.2, 0.25) is 0 Å². The van der Waals surface area contributed by atoms with Crippen LogP contribution in [0.4, 0.5) is 17.6 Å². The van der Waals surface area contributed by atoms with E-state index in [2.05, 4.69) is 4.74 Å². The molecule has 0 aliphatic heterocycles. The van der Waals surface area contributed by atoms with E-state index in [1.807, 2.05) is 0 Å². The highest BCUT2D eigenvalue weighted by Crippen LogP contribution is 2.24. The van der Waals surface area contributed by atoms with Crippen molar-refractivity contribution in [3.05, 3.63) is 45.5 Å². The number of aryl methyl sites for hydroxylation is 1. The monoisotopic (exact) mass is 331 g/mol. The van der Waals surface area contributed by atoms with Gasteiger partial charge in [0.25, 0.3) is 0 Å². The molecular weight excluding hydrogens is 318 g/mol. The highest BCUT2D eigenvalue weighted by Gasteiger charge is 2.30. The van der Waals surface area contributed by atoms with Gasteiger partial charge in [0.05, 0.1) is 12.1 Å². The maximum absolute atomic E-state index is 13.5. The molecule has 8 heteroatoms. The number of hydrogen-bond acceptors (Lipinski definition) is 3. The average molecular weight is 331 g/mol. The predicted octanol–water partition coefficient (Wildman–Crippen LogP) is 3.19. The Morgan fingerprint density at radius 2 is 1.96 bits per heavy atom. The molecule has 0 aliphatic rings. The summed E-state index contributed by atoms with van der Waals surface area (Å²) in [5.74, 6) is -1.82. The summed E-state index contributed by atoms with van der Waals surface area (Å²) in [4.78, 5) is 24.1. The molecular formula is C15H13F4NO3. The number of rotatable bonds is 3. The Balaban J connectivity index is 2.83. The van der Waals surface area contributed by atoms with Crippen LogP contribution in [0, 0.1) is 12.7 Å². The first-order valence-electron chi connectivity index (χ1n) is 6.71. The van der Waals surface area contributed by atoms with Crippen molar-refractivity contribution in [3.8, 4) is 0 Å². The van der Waals surface area contributed by atoms with E-state index in [0.717, 1.165) is 22.9 Å². The van der Waals surface area contributed by atoms with Gasteiger partial charge in [0, 0.05) is 11.6 Å². The first-order chi connectivity index (χ1) is 10.6. The Morgan fingerprint density at radius 3 is 2.52 bits per heavy atom. The van der Waals surface area contributed by atoms with Gasteiger partial charge in [0.2, 0.25) is 5.43 Å². The number of alkyl halides is 3. The Morgan fingerprint density at radius 1 is 1.30 bits per heavy atom. The van der Waals surface area contributed by atoms with Crippen LogP contribution in [0.25, 0.3) is 10.9 Å². The molecule has 0 bridgehead atoms. The van der Waals surface area contributed by atoms with Gasteiger partial charge in [-0.05, 0) is 31.5 Å². The van der Waals surface area contributed by atoms with E-state index in [-0.39, 0.29) is 23.1 Å². The third kappa shape index (κ3) is 3.52. The van der Waals surface area contributed by atoms with Gasteiger partial charge in [0.1, 0.15) is 17.9 Å². The molecule has 0 amide bonds. The van der Waals surface area contributed by atoms with Crippen LogP contribution in [0.5, 0.6) is 0 Å². The number of ether oxygens (including phenoxy) is 1. The smallest absolute Gasteiger partial charge is 0.406 e. The van der Waals surface area contributed by atoms with Crippen LogP contribution >= 0.6 is 0 Å². The Labute approximate surface area is 128 Å². The number of pyridine rings is 1. The van der Waals surface area contributed by atoms with Crippen molar-refractivity contribution in [1.82, 2.24) is 4.57 Å². The van der Waals surface area contributed by atoms with Crippen molar-refractivity contribution in [3.63, 3.8) is 0 Å². The van der Waals surface area contributed by atoms with Gasteiger partial charge in [-0.15, -0.1) is 0 Å². The van der Waals surface area contributed by atoms with Crippen LogP contribution in [-0.2, 0) is 11.3 Å². The molecule has 0 N–H and O–H groups in total. The second-order valence-electron chi connectivity index (χ2n) is 4.95. The maximum atomic E-state index is 13.5. The maximum Gasteiger partial charge on any atom is 0.406 e. The van der Waals surface area contributed by atoms with Crippen LogP contribution < -0.4 is 5.43 Å². The number of aromatic nitrogens is 1. The molecule has 2 aromatic rings. The van der Waals surface area contributed by atoms with Gasteiger partial charge in [0.15, 0.2) is 0 Å². The summed E-state index contributed by atoms with van der Waals surface area (Å²) in [6.07, 6.45) is -3.77. The number of halogens is 4. The Bertz CT molecular complexity index is 824. The summed E-state index contributed by atoms with van der Waals surface area (Å²) < 4.78 is 57.3. The van der Waals surface area contributed by atoms with Crippen molar-refractivity contribution in [2.75, 3.05) is 6.61 Å². The van der Waals surface area contributed by atoms with Crippen molar-refractivity contribution in [1.29, 1.82) is 0 Å². The molecule has 0 radical (unpaired) electrons. The number of nitrogens with zero attached hydrogens (tertiary/aromatic N) is 1. The summed E-state index contributed by atoms with van der Waals surface area (Å²) in [5, 5.41) is -0.294. The van der Waals surface area contributed by atoms with Crippen LogP contribution in [-0.4, -0.2) is 23.3 Å². The lowest BCUT2D eigenvalue weighted by Crippen LogP contribution is -2.25. The van der Waals surface area contributed by atoms with Crippen molar-refractivity contribution >= 4 is 16.9 Å². The molecule has 1 heterocycles. The van der Waals surface area contributed by atoms with Crippen LogP contribution in [0.1, 0.15) is 22.8 Å². The summed E-state index contributed by atoms with van der Waals surface area (Å²) in [7, 11) is 0. The second-order valence-corrected chi connectivity index (χ2v) is 4.95. The molecule has 1 aromatic carbocycles. The zero-order valence-corrected chi connectivity index (χ0v) is 12.3. The molecule has 0 saturated heterocycles. The molecule has 0 saturated carbocycles. The van der Waals surface area contributed by atoms with E-state index in [9.17, 15) is 27.2 Å². The van der Waals surface area contributed by atoms with E-state index in [1.165, 1.54) is 13.8 Å². The lowest BCUT2D eigenvalue weighted by Gasteiger charge is -2.16. The molecule has 124 valence electrons. The first kappa shape index (κ1) is 17.0. The number of carbonyl (C=O) groups is 1. The van der Waals surface area contributed by atoms with Gasteiger partial charge < -0.3 is 9.30 Å². The standard InChI is InChI=1S/C15H13F4NO3/c1-3-23-14(22)11-6-20(7-15(17,18)19)12-8(2)4-9(16)5-10(12)13(11)21/h4-6H,3,7H2,1-2H3. The molecule has 2 rings (SSSR count). The largest absolute Gasteiger partial charge is 0.462 e. The number of fused-ring (bicyclic) bond motifs is 1. The fraction of sp³-hybridized carbons (Fsp3) is 0.333. The molecule has 4 nitrogen and oxygen atoms in total. The number of carbonyl (C=O) groups excluding carboxylic acids is 1. The first-order valence-corrected chi connectivity index (χ1v) is 6.71. The summed E-state index contributed by atoms with van der Waals surface area (Å²) in [6.45, 7) is 1.43. The predicted molar refractivity (Wildman–Crippen MR) is 74.9 cm³/mol. The minimum absolute atomic E-state index is 0.0439. The number of esters is 1. The minimum atomic E-state index is -4.57. The quantitative estimate of drug-likeness (QED) is 0.641. The lowest BCUT2D eigenvalue weighted by atomic mass is 10.1. The molecule has 23 heavy (non-hydrogen) atoms. The summed E-state index contributed by atoms with van der Waals surface area (Å²) in [5.41, 5.74) is -1.33. The topological polar surface area (TPSA) is 48.3 Å². The van der Waals surface area contributed by atoms with E-state index < -0.39 is 35.5 Å². The number of hydrogen-bond donors (Lipinski definition) is 0. The third-order valence-corrected chi connectivity index (χ3v) is 3.17. The molecule has 0 spiro atoms. The van der Waals surface area contributed by atoms with E-state index in [4.69, 9.17) is 0 Å². The highest BCUT2D eigenvalue weighted by molar-refractivity contribution is 5.94. The van der Waals surface area contributed by atoms with Gasteiger partial charge >= 0.3 is 12.1 Å². The highest BCUT2D eigenvalue weighted by atomic mass is 19.4. The zero-order valence-electron chi connectivity index (χ0n) is 12.3. The molecule has 1 aromatic heterocycles. The molecule has 0 aliphatic carbocycles. The van der Waals surface area contributed by atoms with Crippen molar-refractivity contribution in [2.24, 2.45) is 0 Å². The van der Waals surface area contributed by atoms with Crippen LogP contribution in [0.15, 0.2) is 23.1 Å². The Hall–Kier alpha value is -2.38. The molecule has 0 unspecified atom stereocenters. The normalized spacial score (nSPS) is 11.7. The van der Waals surface area contributed by atoms with Gasteiger partial charge in [-0.25, -0.2) is 9.18 Å². The fourth-order valence-corrected chi connectivity index (χ4v) is 2.39.